The van der Waals surface area contributed by atoms with E-state index in [-0.39, 0.29) is 11.5 Å². The monoisotopic (exact) mass is 316 g/mol. The molecule has 2 N–H and O–H groups in total. The SMILES string of the molecule is CCCN(CC(C)(C)CN)C(C)c1cccc(Cl)c1Cl. The van der Waals surface area contributed by atoms with Gasteiger partial charge in [-0.1, -0.05) is 56.1 Å². The van der Waals surface area contributed by atoms with Crippen LogP contribution in [0.25, 0.3) is 0 Å². The molecule has 0 saturated heterocycles. The number of benzene rings is 1. The van der Waals surface area contributed by atoms with Crippen molar-refractivity contribution in [1.29, 1.82) is 0 Å². The van der Waals surface area contributed by atoms with Gasteiger partial charge in [-0.2, -0.15) is 0 Å². The predicted octanol–water partition coefficient (Wildman–Crippen LogP) is 4.75. The molecule has 2 nitrogen and oxygen atoms in total. The average molecular weight is 317 g/mol. The molecular weight excluding hydrogens is 291 g/mol. The first kappa shape index (κ1) is 17.8. The van der Waals surface area contributed by atoms with E-state index in [0.29, 0.717) is 16.6 Å². The molecule has 0 aromatic heterocycles. The van der Waals surface area contributed by atoms with Crippen LogP contribution >= 0.6 is 23.2 Å². The maximum atomic E-state index is 6.35. The van der Waals surface area contributed by atoms with Gasteiger partial charge in [0.05, 0.1) is 10.0 Å². The Hall–Kier alpha value is -0.280. The first-order chi connectivity index (χ1) is 9.32. The third-order valence-corrected chi connectivity index (χ3v) is 4.51. The standard InChI is InChI=1S/C16H26Cl2N2/c1-5-9-20(11-16(3,4)10-19)12(2)13-7-6-8-14(17)15(13)18/h6-8,12H,5,9-11,19H2,1-4H3. The Bertz CT molecular complexity index is 432. The van der Waals surface area contributed by atoms with E-state index in [1.807, 2.05) is 12.1 Å². The van der Waals surface area contributed by atoms with Crippen molar-refractivity contribution in [3.8, 4) is 0 Å². The van der Waals surface area contributed by atoms with Crippen molar-refractivity contribution in [2.24, 2.45) is 11.1 Å². The summed E-state index contributed by atoms with van der Waals surface area (Å²) in [6.45, 7) is 11.4. The molecule has 0 heterocycles. The van der Waals surface area contributed by atoms with Crippen molar-refractivity contribution in [2.45, 2.75) is 40.2 Å². The fourth-order valence-electron chi connectivity index (χ4n) is 2.35. The van der Waals surface area contributed by atoms with Gasteiger partial charge in [-0.05, 0) is 43.5 Å². The fourth-order valence-corrected chi connectivity index (χ4v) is 2.82. The smallest absolute Gasteiger partial charge is 0.0640 e. The summed E-state index contributed by atoms with van der Waals surface area (Å²) in [5, 5.41) is 1.28. The maximum Gasteiger partial charge on any atom is 0.0640 e. The van der Waals surface area contributed by atoms with Crippen molar-refractivity contribution in [3.05, 3.63) is 33.8 Å². The minimum Gasteiger partial charge on any atom is -0.330 e. The molecule has 1 unspecified atom stereocenters. The molecule has 0 aliphatic rings. The molecule has 1 aromatic rings. The Morgan fingerprint density at radius 3 is 2.50 bits per heavy atom. The molecule has 0 spiro atoms. The molecule has 20 heavy (non-hydrogen) atoms. The molecule has 114 valence electrons. The lowest BCUT2D eigenvalue weighted by molar-refractivity contribution is 0.140. The lowest BCUT2D eigenvalue weighted by atomic mass is 9.91. The Labute approximate surface area is 133 Å². The molecular formula is C16H26Cl2N2. The van der Waals surface area contributed by atoms with Crippen molar-refractivity contribution in [3.63, 3.8) is 0 Å². The van der Waals surface area contributed by atoms with Crippen LogP contribution in [0.1, 0.15) is 45.7 Å². The molecule has 4 heteroatoms. The minimum absolute atomic E-state index is 0.0917. The fraction of sp³-hybridized carbons (Fsp3) is 0.625. The van der Waals surface area contributed by atoms with Gasteiger partial charge in [-0.3, -0.25) is 4.90 Å². The van der Waals surface area contributed by atoms with Crippen molar-refractivity contribution >= 4 is 23.2 Å². The number of nitrogens with zero attached hydrogens (tertiary/aromatic N) is 1. The van der Waals surface area contributed by atoms with Crippen LogP contribution in [-0.2, 0) is 0 Å². The summed E-state index contributed by atoms with van der Waals surface area (Å²) >= 11 is 12.5. The molecule has 0 amide bonds. The van der Waals surface area contributed by atoms with Crippen LogP contribution in [0.4, 0.5) is 0 Å². The molecule has 0 bridgehead atoms. The van der Waals surface area contributed by atoms with Gasteiger partial charge in [0.25, 0.3) is 0 Å². The second kappa shape index (κ2) is 7.65. The highest BCUT2D eigenvalue weighted by Gasteiger charge is 2.25. The summed E-state index contributed by atoms with van der Waals surface area (Å²) < 4.78 is 0. The summed E-state index contributed by atoms with van der Waals surface area (Å²) in [6.07, 6.45) is 1.10. The Morgan fingerprint density at radius 2 is 1.95 bits per heavy atom. The van der Waals surface area contributed by atoms with Crippen molar-refractivity contribution < 1.29 is 0 Å². The van der Waals surface area contributed by atoms with E-state index in [4.69, 9.17) is 28.9 Å². The molecule has 0 radical (unpaired) electrons. The zero-order valence-electron chi connectivity index (χ0n) is 12.9. The summed E-state index contributed by atoms with van der Waals surface area (Å²) in [4.78, 5) is 2.43. The number of nitrogens with two attached hydrogens (primary N) is 1. The Kier molecular flexibility index (Phi) is 6.80. The molecule has 0 aliphatic carbocycles. The quantitative estimate of drug-likeness (QED) is 0.786. The van der Waals surface area contributed by atoms with E-state index in [2.05, 4.69) is 38.7 Å². The third kappa shape index (κ3) is 4.63. The number of hydrogen-bond donors (Lipinski definition) is 1. The van der Waals surface area contributed by atoms with E-state index in [1.54, 1.807) is 0 Å². The Balaban J connectivity index is 2.99. The molecule has 0 saturated carbocycles. The summed E-state index contributed by atoms with van der Waals surface area (Å²) in [6, 6.07) is 6.07. The van der Waals surface area contributed by atoms with Crippen LogP contribution in [0.5, 0.6) is 0 Å². The highest BCUT2D eigenvalue weighted by molar-refractivity contribution is 6.42. The van der Waals surface area contributed by atoms with Crippen molar-refractivity contribution in [2.75, 3.05) is 19.6 Å². The maximum absolute atomic E-state index is 6.35. The van der Waals surface area contributed by atoms with Crippen LogP contribution in [0, 0.1) is 5.41 Å². The van der Waals surface area contributed by atoms with Gasteiger partial charge >= 0.3 is 0 Å². The molecule has 1 atom stereocenters. The van der Waals surface area contributed by atoms with E-state index < -0.39 is 0 Å². The van der Waals surface area contributed by atoms with Crippen LogP contribution < -0.4 is 5.73 Å². The zero-order chi connectivity index (χ0) is 15.3. The number of hydrogen-bond acceptors (Lipinski definition) is 2. The van der Waals surface area contributed by atoms with Crippen LogP contribution in [-0.4, -0.2) is 24.5 Å². The van der Waals surface area contributed by atoms with Crippen molar-refractivity contribution in [1.82, 2.24) is 4.90 Å². The molecule has 1 rings (SSSR count). The summed E-state index contributed by atoms with van der Waals surface area (Å²) in [5.74, 6) is 0. The first-order valence-corrected chi connectivity index (χ1v) is 7.96. The third-order valence-electron chi connectivity index (χ3n) is 3.67. The van der Waals surface area contributed by atoms with Gasteiger partial charge in [0, 0.05) is 12.6 Å². The van der Waals surface area contributed by atoms with Gasteiger partial charge in [-0.15, -0.1) is 0 Å². The zero-order valence-corrected chi connectivity index (χ0v) is 14.4. The van der Waals surface area contributed by atoms with E-state index in [0.717, 1.165) is 25.1 Å². The van der Waals surface area contributed by atoms with Gasteiger partial charge in [0.1, 0.15) is 0 Å². The lowest BCUT2D eigenvalue weighted by Crippen LogP contribution is -2.40. The normalized spacial score (nSPS) is 13.8. The summed E-state index contributed by atoms with van der Waals surface area (Å²) in [7, 11) is 0. The lowest BCUT2D eigenvalue weighted by Gasteiger charge is -2.36. The van der Waals surface area contributed by atoms with Gasteiger partial charge < -0.3 is 5.73 Å². The minimum atomic E-state index is 0.0917. The number of halogens is 2. The largest absolute Gasteiger partial charge is 0.330 e. The van der Waals surface area contributed by atoms with Crippen LogP contribution in [0.3, 0.4) is 0 Å². The average Bonchev–Trinajstić information content (AvgIpc) is 2.40. The Morgan fingerprint density at radius 1 is 1.30 bits per heavy atom. The molecule has 0 aliphatic heterocycles. The van der Waals surface area contributed by atoms with Gasteiger partial charge in [0.15, 0.2) is 0 Å². The second-order valence-electron chi connectivity index (χ2n) is 6.16. The highest BCUT2D eigenvalue weighted by atomic mass is 35.5. The molecule has 1 aromatic carbocycles. The van der Waals surface area contributed by atoms with Gasteiger partial charge in [-0.25, -0.2) is 0 Å². The van der Waals surface area contributed by atoms with E-state index in [9.17, 15) is 0 Å². The van der Waals surface area contributed by atoms with Crippen LogP contribution in [0.2, 0.25) is 10.0 Å². The first-order valence-electron chi connectivity index (χ1n) is 7.20. The predicted molar refractivity (Wildman–Crippen MR) is 89.6 cm³/mol. The van der Waals surface area contributed by atoms with Crippen LogP contribution in [0.15, 0.2) is 18.2 Å². The second-order valence-corrected chi connectivity index (χ2v) is 6.94. The van der Waals surface area contributed by atoms with E-state index >= 15 is 0 Å². The summed E-state index contributed by atoms with van der Waals surface area (Å²) in [5.41, 5.74) is 7.05. The number of rotatable bonds is 7. The van der Waals surface area contributed by atoms with Gasteiger partial charge in [0.2, 0.25) is 0 Å². The molecule has 0 fully saturated rings. The topological polar surface area (TPSA) is 29.3 Å². The van der Waals surface area contributed by atoms with E-state index in [1.165, 1.54) is 0 Å². The highest BCUT2D eigenvalue weighted by Crippen LogP contribution is 2.33.